The smallest absolute Gasteiger partial charge is 0.349 e. The molecule has 12 nitrogen and oxygen atoms in total. The first kappa shape index (κ1) is 24.4. The zero-order chi connectivity index (χ0) is 25.9. The van der Waals surface area contributed by atoms with Crippen LogP contribution < -0.4 is 21.5 Å². The van der Waals surface area contributed by atoms with Gasteiger partial charge in [-0.05, 0) is 59.7 Å². The number of hydrogen-bond donors (Lipinski definition) is 4. The second kappa shape index (κ2) is 9.85. The summed E-state index contributed by atoms with van der Waals surface area (Å²) in [6.07, 6.45) is 0. The molecule has 0 aliphatic rings. The quantitative estimate of drug-likeness (QED) is 0.285. The number of primary sulfonamides is 1. The lowest BCUT2D eigenvalue weighted by atomic mass is 10.0. The minimum atomic E-state index is -3.82. The maximum atomic E-state index is 12.7. The van der Waals surface area contributed by atoms with E-state index < -0.39 is 22.0 Å². The summed E-state index contributed by atoms with van der Waals surface area (Å²) in [5.41, 5.74) is 8.85. The van der Waals surface area contributed by atoms with Gasteiger partial charge in [-0.25, -0.2) is 23.1 Å². The molecular formula is C23H21N7O5S. The van der Waals surface area contributed by atoms with Crippen LogP contribution in [0.2, 0.25) is 0 Å². The molecule has 0 aliphatic carbocycles. The van der Waals surface area contributed by atoms with E-state index >= 15 is 0 Å². The number of methoxy groups -OCH3 is 1. The van der Waals surface area contributed by atoms with Crippen molar-refractivity contribution in [3.8, 4) is 11.1 Å². The monoisotopic (exact) mass is 507 g/mol. The third-order valence-electron chi connectivity index (χ3n) is 5.02. The van der Waals surface area contributed by atoms with Gasteiger partial charge < -0.3 is 21.1 Å². The van der Waals surface area contributed by atoms with Gasteiger partial charge in [0.05, 0.1) is 17.6 Å². The fourth-order valence-electron chi connectivity index (χ4n) is 3.25. The van der Waals surface area contributed by atoms with Crippen molar-refractivity contribution >= 4 is 45.3 Å². The van der Waals surface area contributed by atoms with E-state index in [1.54, 1.807) is 42.5 Å². The summed E-state index contributed by atoms with van der Waals surface area (Å²) in [6.45, 7) is 0. The number of nitrogens with zero attached hydrogens (tertiary/aromatic N) is 3. The van der Waals surface area contributed by atoms with Crippen LogP contribution in [0.5, 0.6) is 0 Å². The minimum Gasteiger partial charge on any atom is -0.465 e. The Balaban J connectivity index is 1.44. The third kappa shape index (κ3) is 5.48. The first-order valence-electron chi connectivity index (χ1n) is 10.4. The van der Waals surface area contributed by atoms with Crippen molar-refractivity contribution in [2.24, 2.45) is 5.14 Å². The van der Waals surface area contributed by atoms with Crippen LogP contribution >= 0.6 is 0 Å². The number of nitrogens with two attached hydrogens (primary N) is 2. The average Bonchev–Trinajstić information content (AvgIpc) is 3.23. The summed E-state index contributed by atoms with van der Waals surface area (Å²) in [7, 11) is -2.50. The molecule has 13 heteroatoms. The van der Waals surface area contributed by atoms with Crippen LogP contribution in [-0.2, 0) is 14.8 Å². The van der Waals surface area contributed by atoms with Crippen LogP contribution in [0, 0.1) is 0 Å². The van der Waals surface area contributed by atoms with Crippen LogP contribution in [0.15, 0.2) is 77.7 Å². The van der Waals surface area contributed by atoms with Crippen molar-refractivity contribution in [2.45, 2.75) is 4.90 Å². The number of anilines is 4. The van der Waals surface area contributed by atoms with Gasteiger partial charge in [0.2, 0.25) is 21.9 Å². The molecule has 4 rings (SSSR count). The summed E-state index contributed by atoms with van der Waals surface area (Å²) >= 11 is 0. The molecule has 1 amide bonds. The number of aromatic nitrogens is 3. The summed E-state index contributed by atoms with van der Waals surface area (Å²) in [5.74, 6) is -0.556. The van der Waals surface area contributed by atoms with E-state index in [-0.39, 0.29) is 16.8 Å². The molecule has 0 bridgehead atoms. The Kier molecular flexibility index (Phi) is 6.67. The molecule has 0 saturated carbocycles. The zero-order valence-corrected chi connectivity index (χ0v) is 19.7. The van der Waals surface area contributed by atoms with E-state index in [0.29, 0.717) is 16.9 Å². The summed E-state index contributed by atoms with van der Waals surface area (Å²) < 4.78 is 28.4. The molecule has 0 fully saturated rings. The molecule has 1 heterocycles. The van der Waals surface area contributed by atoms with E-state index in [9.17, 15) is 18.0 Å². The number of benzene rings is 3. The standard InChI is InChI=1S/C23H21N7O5S/c1-35-20(31)16-4-2-3-15(13-16)14-5-7-18(8-6-14)27-23(32)30-21(24)28-22(29-30)26-17-9-11-19(12-10-17)36(25,33)34/h2-13H,1H3,(H,27,32)(H2,25,33,34)(H3,24,26,28,29). The topological polar surface area (TPSA) is 184 Å². The lowest BCUT2D eigenvalue weighted by Crippen LogP contribution is -2.22. The highest BCUT2D eigenvalue weighted by molar-refractivity contribution is 7.89. The van der Waals surface area contributed by atoms with Gasteiger partial charge in [-0.2, -0.15) is 4.98 Å². The first-order chi connectivity index (χ1) is 17.1. The Morgan fingerprint density at radius 1 is 0.944 bits per heavy atom. The number of carbonyl (C=O) groups is 2. The highest BCUT2D eigenvalue weighted by Gasteiger charge is 2.15. The lowest BCUT2D eigenvalue weighted by molar-refractivity contribution is 0.0600. The molecule has 1 aromatic heterocycles. The van der Waals surface area contributed by atoms with Crippen molar-refractivity contribution in [2.75, 3.05) is 23.5 Å². The SMILES string of the molecule is COC(=O)c1cccc(-c2ccc(NC(=O)n3nc(Nc4ccc(S(N)(=O)=O)cc4)nc3N)cc2)c1. The largest absolute Gasteiger partial charge is 0.465 e. The number of sulfonamides is 1. The highest BCUT2D eigenvalue weighted by Crippen LogP contribution is 2.23. The van der Waals surface area contributed by atoms with E-state index in [1.165, 1.54) is 31.4 Å². The van der Waals surface area contributed by atoms with Crippen molar-refractivity contribution in [3.63, 3.8) is 0 Å². The van der Waals surface area contributed by atoms with Crippen molar-refractivity contribution in [1.29, 1.82) is 0 Å². The molecule has 4 aromatic rings. The summed E-state index contributed by atoms with van der Waals surface area (Å²) in [6, 6.07) is 18.9. The number of ether oxygens (including phenoxy) is 1. The number of amides is 1. The van der Waals surface area contributed by atoms with Crippen molar-refractivity contribution < 1.29 is 22.7 Å². The molecule has 0 saturated heterocycles. The zero-order valence-electron chi connectivity index (χ0n) is 18.9. The molecule has 6 N–H and O–H groups in total. The Hall–Kier alpha value is -4.75. The molecule has 0 atom stereocenters. The molecule has 184 valence electrons. The average molecular weight is 508 g/mol. The number of carbonyl (C=O) groups excluding carboxylic acids is 2. The lowest BCUT2D eigenvalue weighted by Gasteiger charge is -2.08. The molecule has 36 heavy (non-hydrogen) atoms. The van der Waals surface area contributed by atoms with E-state index in [0.717, 1.165) is 15.8 Å². The Morgan fingerprint density at radius 3 is 2.25 bits per heavy atom. The Labute approximate surface area is 206 Å². The maximum Gasteiger partial charge on any atom is 0.349 e. The number of esters is 1. The number of nitrogens with one attached hydrogen (secondary N) is 2. The van der Waals surface area contributed by atoms with Crippen molar-refractivity contribution in [1.82, 2.24) is 14.8 Å². The van der Waals surface area contributed by atoms with E-state index in [2.05, 4.69) is 20.7 Å². The van der Waals surface area contributed by atoms with Gasteiger partial charge in [0.1, 0.15) is 0 Å². The number of nitrogen functional groups attached to an aromatic ring is 1. The molecule has 0 unspecified atom stereocenters. The minimum absolute atomic E-state index is 0.0341. The van der Waals surface area contributed by atoms with Crippen LogP contribution in [0.1, 0.15) is 10.4 Å². The van der Waals surface area contributed by atoms with Crippen molar-refractivity contribution in [3.05, 3.63) is 78.4 Å². The number of hydrogen-bond acceptors (Lipinski definition) is 9. The number of rotatable bonds is 6. The molecular weight excluding hydrogens is 486 g/mol. The van der Waals surface area contributed by atoms with Crippen LogP contribution in [-0.4, -0.2) is 42.3 Å². The molecule has 0 aliphatic heterocycles. The second-order valence-electron chi connectivity index (χ2n) is 7.48. The second-order valence-corrected chi connectivity index (χ2v) is 9.04. The molecule has 0 radical (unpaired) electrons. The predicted octanol–water partition coefficient (Wildman–Crippen LogP) is 2.79. The molecule has 3 aromatic carbocycles. The maximum absolute atomic E-state index is 12.7. The Morgan fingerprint density at radius 2 is 1.61 bits per heavy atom. The predicted molar refractivity (Wildman–Crippen MR) is 133 cm³/mol. The van der Waals surface area contributed by atoms with Gasteiger partial charge in [0, 0.05) is 11.4 Å². The van der Waals surface area contributed by atoms with Gasteiger partial charge >= 0.3 is 12.0 Å². The van der Waals surface area contributed by atoms with Gasteiger partial charge in [-0.1, -0.05) is 24.3 Å². The van der Waals surface area contributed by atoms with Crippen LogP contribution in [0.3, 0.4) is 0 Å². The van der Waals surface area contributed by atoms with Crippen LogP contribution in [0.25, 0.3) is 11.1 Å². The fraction of sp³-hybridized carbons (Fsp3) is 0.0435. The van der Waals surface area contributed by atoms with Crippen LogP contribution in [0.4, 0.5) is 28.1 Å². The summed E-state index contributed by atoms with van der Waals surface area (Å²) in [4.78, 5) is 28.4. The normalized spacial score (nSPS) is 11.1. The first-order valence-corrected chi connectivity index (χ1v) is 11.9. The summed E-state index contributed by atoms with van der Waals surface area (Å²) in [5, 5.41) is 14.6. The van der Waals surface area contributed by atoms with Gasteiger partial charge in [0.25, 0.3) is 0 Å². The van der Waals surface area contributed by atoms with Gasteiger partial charge in [0.15, 0.2) is 0 Å². The van der Waals surface area contributed by atoms with Gasteiger partial charge in [-0.15, -0.1) is 9.78 Å². The van der Waals surface area contributed by atoms with E-state index in [1.807, 2.05) is 6.07 Å². The fourth-order valence-corrected chi connectivity index (χ4v) is 3.77. The van der Waals surface area contributed by atoms with E-state index in [4.69, 9.17) is 15.6 Å². The Bertz CT molecular complexity index is 1530. The third-order valence-corrected chi connectivity index (χ3v) is 5.95. The van der Waals surface area contributed by atoms with Gasteiger partial charge in [-0.3, -0.25) is 0 Å². The molecule has 0 spiro atoms. The highest BCUT2D eigenvalue weighted by atomic mass is 32.2.